The molecule has 1 unspecified atom stereocenters. The monoisotopic (exact) mass is 373 g/mol. The van der Waals surface area contributed by atoms with Crippen molar-refractivity contribution in [1.29, 1.82) is 0 Å². The van der Waals surface area contributed by atoms with E-state index in [2.05, 4.69) is 10.4 Å². The summed E-state index contributed by atoms with van der Waals surface area (Å²) in [5.74, 6) is -0.330. The maximum Gasteiger partial charge on any atom is 0.267 e. The third kappa shape index (κ3) is 3.81. The standard InChI is InChI=1S/C18H16ClN3O2S/c1-11-5-6-13(19)10-15(11)20-18(24)12(2)22-17(23)8-7-14(21-22)16-4-3-9-25-16/h3-10,12H,1-2H3,(H,20,24). The average molecular weight is 374 g/mol. The van der Waals surface area contributed by atoms with Crippen LogP contribution in [-0.4, -0.2) is 15.7 Å². The molecule has 0 aliphatic carbocycles. The lowest BCUT2D eigenvalue weighted by molar-refractivity contribution is -0.119. The number of benzene rings is 1. The SMILES string of the molecule is Cc1ccc(Cl)cc1NC(=O)C(C)n1nc(-c2cccs2)ccc1=O. The molecule has 0 fully saturated rings. The highest BCUT2D eigenvalue weighted by molar-refractivity contribution is 7.13. The first-order valence-electron chi connectivity index (χ1n) is 7.66. The molecule has 3 rings (SSSR count). The lowest BCUT2D eigenvalue weighted by Gasteiger charge is -2.16. The van der Waals surface area contributed by atoms with E-state index in [9.17, 15) is 9.59 Å². The molecule has 0 radical (unpaired) electrons. The molecule has 0 aliphatic rings. The minimum absolute atomic E-state index is 0.328. The summed E-state index contributed by atoms with van der Waals surface area (Å²) in [5, 5.41) is 9.62. The zero-order valence-electron chi connectivity index (χ0n) is 13.7. The summed E-state index contributed by atoms with van der Waals surface area (Å²) in [7, 11) is 0. The van der Waals surface area contributed by atoms with Crippen molar-refractivity contribution in [3.8, 4) is 10.6 Å². The molecule has 1 atom stereocenters. The Morgan fingerprint density at radius 2 is 2.08 bits per heavy atom. The Bertz CT molecular complexity index is 967. The smallest absolute Gasteiger partial charge is 0.267 e. The number of rotatable bonds is 4. The van der Waals surface area contributed by atoms with Gasteiger partial charge in [0.25, 0.3) is 5.56 Å². The zero-order valence-corrected chi connectivity index (χ0v) is 15.3. The van der Waals surface area contributed by atoms with Crippen molar-refractivity contribution < 1.29 is 4.79 Å². The van der Waals surface area contributed by atoms with Gasteiger partial charge in [0.05, 0.1) is 4.88 Å². The van der Waals surface area contributed by atoms with Crippen LogP contribution >= 0.6 is 22.9 Å². The lowest BCUT2D eigenvalue weighted by atomic mass is 10.2. The molecule has 0 saturated heterocycles. The van der Waals surface area contributed by atoms with Crippen LogP contribution < -0.4 is 10.9 Å². The Kier molecular flexibility index (Phi) is 5.01. The number of carbonyl (C=O) groups excluding carboxylic acids is 1. The van der Waals surface area contributed by atoms with Crippen LogP contribution in [0, 0.1) is 6.92 Å². The molecule has 1 aromatic carbocycles. The fraction of sp³-hybridized carbons (Fsp3) is 0.167. The van der Waals surface area contributed by atoms with Crippen molar-refractivity contribution in [1.82, 2.24) is 9.78 Å². The molecule has 0 bridgehead atoms. The maximum absolute atomic E-state index is 12.6. The molecule has 0 spiro atoms. The van der Waals surface area contributed by atoms with Gasteiger partial charge in [-0.25, -0.2) is 4.68 Å². The zero-order chi connectivity index (χ0) is 18.0. The van der Waals surface area contributed by atoms with Gasteiger partial charge in [-0.15, -0.1) is 11.3 Å². The number of carbonyl (C=O) groups is 1. The molecule has 2 heterocycles. The van der Waals surface area contributed by atoms with E-state index in [0.717, 1.165) is 10.4 Å². The fourth-order valence-electron chi connectivity index (χ4n) is 2.34. The molecule has 25 heavy (non-hydrogen) atoms. The van der Waals surface area contributed by atoms with Gasteiger partial charge in [-0.3, -0.25) is 9.59 Å². The van der Waals surface area contributed by atoms with Gasteiger partial charge in [-0.05, 0) is 49.1 Å². The number of nitrogens with zero attached hydrogens (tertiary/aromatic N) is 2. The van der Waals surface area contributed by atoms with Crippen LogP contribution in [0.5, 0.6) is 0 Å². The Morgan fingerprint density at radius 1 is 1.28 bits per heavy atom. The van der Waals surface area contributed by atoms with E-state index in [4.69, 9.17) is 11.6 Å². The van der Waals surface area contributed by atoms with Crippen molar-refractivity contribution >= 4 is 34.5 Å². The van der Waals surface area contributed by atoms with E-state index in [-0.39, 0.29) is 11.5 Å². The van der Waals surface area contributed by atoms with E-state index in [1.165, 1.54) is 22.1 Å². The van der Waals surface area contributed by atoms with E-state index in [1.807, 2.05) is 30.5 Å². The number of halogens is 1. The van der Waals surface area contributed by atoms with Crippen LogP contribution in [0.15, 0.2) is 52.6 Å². The first kappa shape index (κ1) is 17.4. The number of amides is 1. The van der Waals surface area contributed by atoms with E-state index >= 15 is 0 Å². The Morgan fingerprint density at radius 3 is 2.80 bits per heavy atom. The number of aromatic nitrogens is 2. The van der Waals surface area contributed by atoms with E-state index in [1.54, 1.807) is 25.1 Å². The molecule has 1 amide bonds. The van der Waals surface area contributed by atoms with Gasteiger partial charge in [-0.1, -0.05) is 23.7 Å². The van der Waals surface area contributed by atoms with Crippen LogP contribution in [-0.2, 0) is 4.79 Å². The minimum atomic E-state index is -0.759. The first-order chi connectivity index (χ1) is 12.0. The Labute approximate surface area is 153 Å². The summed E-state index contributed by atoms with van der Waals surface area (Å²) < 4.78 is 1.20. The number of hydrogen-bond acceptors (Lipinski definition) is 4. The second-order valence-electron chi connectivity index (χ2n) is 5.60. The summed E-state index contributed by atoms with van der Waals surface area (Å²) in [6.07, 6.45) is 0. The lowest BCUT2D eigenvalue weighted by Crippen LogP contribution is -2.33. The molecule has 7 heteroatoms. The van der Waals surface area contributed by atoms with Gasteiger partial charge in [0.1, 0.15) is 11.7 Å². The Balaban J connectivity index is 1.88. The molecular weight excluding hydrogens is 358 g/mol. The second kappa shape index (κ2) is 7.21. The van der Waals surface area contributed by atoms with Crippen molar-refractivity contribution in [3.63, 3.8) is 0 Å². The van der Waals surface area contributed by atoms with Crippen molar-refractivity contribution in [2.75, 3.05) is 5.32 Å². The van der Waals surface area contributed by atoms with Crippen LogP contribution in [0.3, 0.4) is 0 Å². The summed E-state index contributed by atoms with van der Waals surface area (Å²) in [6, 6.07) is 11.4. The molecule has 0 aliphatic heterocycles. The summed E-state index contributed by atoms with van der Waals surface area (Å²) in [4.78, 5) is 25.7. The quantitative estimate of drug-likeness (QED) is 0.747. The molecular formula is C18H16ClN3O2S. The summed E-state index contributed by atoms with van der Waals surface area (Å²) >= 11 is 7.51. The highest BCUT2D eigenvalue weighted by Gasteiger charge is 2.19. The van der Waals surface area contributed by atoms with Gasteiger partial charge in [0.2, 0.25) is 5.91 Å². The van der Waals surface area contributed by atoms with Crippen LogP contribution in [0.4, 0.5) is 5.69 Å². The third-order valence-corrected chi connectivity index (χ3v) is 4.93. The predicted molar refractivity (Wildman–Crippen MR) is 101 cm³/mol. The van der Waals surface area contributed by atoms with Crippen molar-refractivity contribution in [3.05, 3.63) is 68.8 Å². The molecule has 0 saturated carbocycles. The van der Waals surface area contributed by atoms with Gasteiger partial charge < -0.3 is 5.32 Å². The van der Waals surface area contributed by atoms with Crippen LogP contribution in [0.1, 0.15) is 18.5 Å². The summed E-state index contributed by atoms with van der Waals surface area (Å²) in [5.41, 5.74) is 1.84. The molecule has 1 N–H and O–H groups in total. The molecule has 3 aromatic rings. The number of anilines is 1. The van der Waals surface area contributed by atoms with Gasteiger partial charge in [0.15, 0.2) is 0 Å². The van der Waals surface area contributed by atoms with Crippen molar-refractivity contribution in [2.24, 2.45) is 0 Å². The van der Waals surface area contributed by atoms with E-state index < -0.39 is 6.04 Å². The maximum atomic E-state index is 12.6. The second-order valence-corrected chi connectivity index (χ2v) is 6.99. The topological polar surface area (TPSA) is 64.0 Å². The first-order valence-corrected chi connectivity index (χ1v) is 8.92. The number of aryl methyl sites for hydroxylation is 1. The molecule has 2 aromatic heterocycles. The number of thiophene rings is 1. The Hall–Kier alpha value is -2.44. The van der Waals surface area contributed by atoms with E-state index in [0.29, 0.717) is 16.4 Å². The molecule has 128 valence electrons. The number of nitrogens with one attached hydrogen (secondary N) is 1. The normalized spacial score (nSPS) is 12.0. The largest absolute Gasteiger partial charge is 0.324 e. The third-order valence-electron chi connectivity index (χ3n) is 3.80. The predicted octanol–water partition coefficient (Wildman–Crippen LogP) is 4.13. The van der Waals surface area contributed by atoms with Crippen LogP contribution in [0.2, 0.25) is 5.02 Å². The summed E-state index contributed by atoms with van der Waals surface area (Å²) in [6.45, 7) is 3.51. The fourth-order valence-corrected chi connectivity index (χ4v) is 3.20. The van der Waals surface area contributed by atoms with Crippen LogP contribution in [0.25, 0.3) is 10.6 Å². The van der Waals surface area contributed by atoms with Gasteiger partial charge >= 0.3 is 0 Å². The van der Waals surface area contributed by atoms with Gasteiger partial charge in [-0.2, -0.15) is 5.10 Å². The molecule has 5 nitrogen and oxygen atoms in total. The number of hydrogen-bond donors (Lipinski definition) is 1. The van der Waals surface area contributed by atoms with Gasteiger partial charge in [0, 0.05) is 16.8 Å². The van der Waals surface area contributed by atoms with Crippen molar-refractivity contribution in [2.45, 2.75) is 19.9 Å². The highest BCUT2D eigenvalue weighted by Crippen LogP contribution is 2.23. The average Bonchev–Trinajstić information content (AvgIpc) is 3.12. The highest BCUT2D eigenvalue weighted by atomic mass is 35.5. The minimum Gasteiger partial charge on any atom is -0.324 e.